The first kappa shape index (κ1) is 12.3. The van der Waals surface area contributed by atoms with Crippen LogP contribution in [0.25, 0.3) is 0 Å². The number of hydrogen-bond acceptors (Lipinski definition) is 4. The second-order valence-electron chi connectivity index (χ2n) is 4.97. The van der Waals surface area contributed by atoms with E-state index in [2.05, 4.69) is 11.0 Å². The molecule has 1 fully saturated rings. The summed E-state index contributed by atoms with van der Waals surface area (Å²) in [6.45, 7) is 6.33. The van der Waals surface area contributed by atoms with Gasteiger partial charge in [0.1, 0.15) is 0 Å². The number of carbonyl (C=O) groups is 1. The van der Waals surface area contributed by atoms with Gasteiger partial charge in [-0.05, 0) is 17.7 Å². The van der Waals surface area contributed by atoms with Crippen molar-refractivity contribution in [2.75, 3.05) is 33.0 Å². The molecule has 0 N–H and O–H groups in total. The van der Waals surface area contributed by atoms with E-state index in [1.165, 1.54) is 5.56 Å². The number of rotatable bonds is 2. The average Bonchev–Trinajstić information content (AvgIpc) is 2.87. The maximum Gasteiger partial charge on any atom is 0.231 e. The summed E-state index contributed by atoms with van der Waals surface area (Å²) in [7, 11) is 0. The van der Waals surface area contributed by atoms with Gasteiger partial charge in [0.15, 0.2) is 11.5 Å². The van der Waals surface area contributed by atoms with Crippen molar-refractivity contribution in [2.24, 2.45) is 0 Å². The summed E-state index contributed by atoms with van der Waals surface area (Å²) in [6.07, 6.45) is 0. The Morgan fingerprint density at radius 2 is 1.89 bits per heavy atom. The Balaban J connectivity index is 1.59. The molecule has 0 unspecified atom stereocenters. The van der Waals surface area contributed by atoms with Gasteiger partial charge in [-0.15, -0.1) is 0 Å². The quantitative estimate of drug-likeness (QED) is 0.800. The molecule has 2 aliphatic heterocycles. The summed E-state index contributed by atoms with van der Waals surface area (Å²) >= 11 is 0. The van der Waals surface area contributed by atoms with Gasteiger partial charge in [0.2, 0.25) is 12.7 Å². The molecule has 0 atom stereocenters. The van der Waals surface area contributed by atoms with Crippen molar-refractivity contribution >= 4 is 5.91 Å². The lowest BCUT2D eigenvalue weighted by Gasteiger charge is -2.34. The van der Waals surface area contributed by atoms with E-state index in [-0.39, 0.29) is 5.91 Å². The first-order chi connectivity index (χ1) is 9.22. The van der Waals surface area contributed by atoms with Gasteiger partial charge in [-0.3, -0.25) is 9.69 Å². The van der Waals surface area contributed by atoms with Gasteiger partial charge in [0.05, 0.1) is 0 Å². The number of fused-ring (bicyclic) bond motifs is 1. The molecule has 0 aliphatic carbocycles. The van der Waals surface area contributed by atoms with Gasteiger partial charge in [0, 0.05) is 39.6 Å². The van der Waals surface area contributed by atoms with Crippen LogP contribution >= 0.6 is 0 Å². The molecule has 0 spiro atoms. The van der Waals surface area contributed by atoms with Crippen LogP contribution < -0.4 is 9.47 Å². The number of ether oxygens (including phenoxy) is 2. The Morgan fingerprint density at radius 1 is 1.16 bits per heavy atom. The summed E-state index contributed by atoms with van der Waals surface area (Å²) < 4.78 is 10.7. The number of piperazine rings is 1. The predicted octanol–water partition coefficient (Wildman–Crippen LogP) is 1.08. The normalized spacial score (nSPS) is 18.7. The van der Waals surface area contributed by atoms with Crippen LogP contribution in [-0.4, -0.2) is 48.7 Å². The third-order valence-corrected chi connectivity index (χ3v) is 3.66. The Labute approximate surface area is 112 Å². The van der Waals surface area contributed by atoms with E-state index < -0.39 is 0 Å². The molecule has 3 rings (SSSR count). The maximum absolute atomic E-state index is 11.3. The minimum Gasteiger partial charge on any atom is -0.454 e. The highest BCUT2D eigenvalue weighted by Gasteiger charge is 2.19. The van der Waals surface area contributed by atoms with Crippen LogP contribution in [0.1, 0.15) is 12.5 Å². The summed E-state index contributed by atoms with van der Waals surface area (Å²) in [5, 5.41) is 0. The van der Waals surface area contributed by atoms with Crippen molar-refractivity contribution in [3.8, 4) is 11.5 Å². The highest BCUT2D eigenvalue weighted by molar-refractivity contribution is 5.73. The highest BCUT2D eigenvalue weighted by Crippen LogP contribution is 2.32. The van der Waals surface area contributed by atoms with Crippen LogP contribution in [-0.2, 0) is 11.3 Å². The largest absolute Gasteiger partial charge is 0.454 e. The molecule has 2 aliphatic rings. The van der Waals surface area contributed by atoms with Crippen LogP contribution in [0.4, 0.5) is 0 Å². The fraction of sp³-hybridized carbons (Fsp3) is 0.500. The summed E-state index contributed by atoms with van der Waals surface area (Å²) in [4.78, 5) is 15.5. The smallest absolute Gasteiger partial charge is 0.231 e. The van der Waals surface area contributed by atoms with E-state index in [0.717, 1.165) is 44.2 Å². The zero-order valence-electron chi connectivity index (χ0n) is 11.1. The van der Waals surface area contributed by atoms with E-state index in [1.54, 1.807) is 6.92 Å². The van der Waals surface area contributed by atoms with Crippen LogP contribution in [0.5, 0.6) is 11.5 Å². The van der Waals surface area contributed by atoms with E-state index in [1.807, 2.05) is 17.0 Å². The maximum atomic E-state index is 11.3. The fourth-order valence-electron chi connectivity index (χ4n) is 2.52. The highest BCUT2D eigenvalue weighted by atomic mass is 16.7. The zero-order chi connectivity index (χ0) is 13.2. The van der Waals surface area contributed by atoms with Gasteiger partial charge in [0.25, 0.3) is 0 Å². The standard InChI is InChI=1S/C14H18N2O3/c1-11(17)16-6-4-15(5-7-16)9-12-2-3-13-14(8-12)19-10-18-13/h2-3,8H,4-7,9-10H2,1H3. The van der Waals surface area contributed by atoms with Crippen LogP contribution in [0.2, 0.25) is 0 Å². The lowest BCUT2D eigenvalue weighted by Crippen LogP contribution is -2.47. The third kappa shape index (κ3) is 2.66. The van der Waals surface area contributed by atoms with Crippen molar-refractivity contribution in [1.29, 1.82) is 0 Å². The van der Waals surface area contributed by atoms with Crippen molar-refractivity contribution in [3.05, 3.63) is 23.8 Å². The van der Waals surface area contributed by atoms with Crippen molar-refractivity contribution in [3.63, 3.8) is 0 Å². The summed E-state index contributed by atoms with van der Waals surface area (Å²) in [5.74, 6) is 1.83. The minimum atomic E-state index is 0.169. The van der Waals surface area contributed by atoms with Crippen LogP contribution in [0.15, 0.2) is 18.2 Å². The summed E-state index contributed by atoms with van der Waals surface area (Å²) in [5.41, 5.74) is 1.22. The molecule has 2 heterocycles. The molecule has 0 radical (unpaired) electrons. The monoisotopic (exact) mass is 262 g/mol. The second kappa shape index (κ2) is 5.09. The first-order valence-electron chi connectivity index (χ1n) is 6.59. The first-order valence-corrected chi connectivity index (χ1v) is 6.59. The fourth-order valence-corrected chi connectivity index (χ4v) is 2.52. The topological polar surface area (TPSA) is 42.0 Å². The van der Waals surface area contributed by atoms with Gasteiger partial charge >= 0.3 is 0 Å². The van der Waals surface area contributed by atoms with Gasteiger partial charge in [-0.2, -0.15) is 0 Å². The third-order valence-electron chi connectivity index (χ3n) is 3.66. The van der Waals surface area contributed by atoms with E-state index in [4.69, 9.17) is 9.47 Å². The molecule has 1 aromatic rings. The van der Waals surface area contributed by atoms with E-state index >= 15 is 0 Å². The lowest BCUT2D eigenvalue weighted by molar-refractivity contribution is -0.130. The molecular formula is C14H18N2O3. The molecular weight excluding hydrogens is 244 g/mol. The molecule has 1 saturated heterocycles. The van der Waals surface area contributed by atoms with Gasteiger partial charge in [-0.1, -0.05) is 6.07 Å². The molecule has 19 heavy (non-hydrogen) atoms. The molecule has 1 aromatic carbocycles. The molecule has 102 valence electrons. The van der Waals surface area contributed by atoms with E-state index in [9.17, 15) is 4.79 Å². The number of hydrogen-bond donors (Lipinski definition) is 0. The Kier molecular flexibility index (Phi) is 3.29. The van der Waals surface area contributed by atoms with Crippen molar-refractivity contribution < 1.29 is 14.3 Å². The average molecular weight is 262 g/mol. The zero-order valence-corrected chi connectivity index (χ0v) is 11.1. The van der Waals surface area contributed by atoms with Gasteiger partial charge < -0.3 is 14.4 Å². The molecule has 0 aromatic heterocycles. The SMILES string of the molecule is CC(=O)N1CCN(Cc2ccc3c(c2)OCO3)CC1. The Bertz CT molecular complexity index is 482. The summed E-state index contributed by atoms with van der Waals surface area (Å²) in [6, 6.07) is 6.08. The van der Waals surface area contributed by atoms with Crippen LogP contribution in [0.3, 0.4) is 0 Å². The number of benzene rings is 1. The molecule has 5 heteroatoms. The van der Waals surface area contributed by atoms with Crippen molar-refractivity contribution in [2.45, 2.75) is 13.5 Å². The number of amides is 1. The Hall–Kier alpha value is -1.75. The Morgan fingerprint density at radius 3 is 2.63 bits per heavy atom. The van der Waals surface area contributed by atoms with E-state index in [0.29, 0.717) is 6.79 Å². The number of carbonyl (C=O) groups excluding carboxylic acids is 1. The minimum absolute atomic E-state index is 0.169. The molecule has 5 nitrogen and oxygen atoms in total. The molecule has 1 amide bonds. The second-order valence-corrected chi connectivity index (χ2v) is 4.97. The van der Waals surface area contributed by atoms with Gasteiger partial charge in [-0.25, -0.2) is 0 Å². The lowest BCUT2D eigenvalue weighted by atomic mass is 10.1. The number of nitrogens with zero attached hydrogens (tertiary/aromatic N) is 2. The van der Waals surface area contributed by atoms with Crippen LogP contribution in [0, 0.1) is 0 Å². The predicted molar refractivity (Wildman–Crippen MR) is 70.1 cm³/mol. The van der Waals surface area contributed by atoms with Crippen molar-refractivity contribution in [1.82, 2.24) is 9.80 Å². The molecule has 0 bridgehead atoms. The molecule has 0 saturated carbocycles.